The summed E-state index contributed by atoms with van der Waals surface area (Å²) in [5.41, 5.74) is 1.73. The highest BCUT2D eigenvalue weighted by Crippen LogP contribution is 2.32. The van der Waals surface area contributed by atoms with E-state index in [4.69, 9.17) is 23.2 Å². The first-order valence-electron chi connectivity index (χ1n) is 10.5. The average molecular weight is 528 g/mol. The van der Waals surface area contributed by atoms with Gasteiger partial charge in [0.1, 0.15) is 0 Å². The Kier molecular flexibility index (Phi) is 7.70. The largest absolute Gasteiger partial charge is 0.342 e. The molecule has 0 bridgehead atoms. The molecule has 0 saturated carbocycles. The second-order valence-corrected chi connectivity index (χ2v) is 9.33. The molecule has 0 saturated heterocycles. The summed E-state index contributed by atoms with van der Waals surface area (Å²) in [6.07, 6.45) is 0. The summed E-state index contributed by atoms with van der Waals surface area (Å²) in [7, 11) is 0. The van der Waals surface area contributed by atoms with Crippen molar-refractivity contribution >= 4 is 46.6 Å². The lowest BCUT2D eigenvalue weighted by Gasteiger charge is -2.17. The molecule has 35 heavy (non-hydrogen) atoms. The molecule has 1 aromatic heterocycles. The number of rotatable bonds is 8. The van der Waals surface area contributed by atoms with Crippen LogP contribution in [0, 0.1) is 10.1 Å². The number of nitro groups is 1. The Balaban J connectivity index is 1.65. The van der Waals surface area contributed by atoms with E-state index in [9.17, 15) is 14.9 Å². The van der Waals surface area contributed by atoms with E-state index < -0.39 is 16.9 Å². The van der Waals surface area contributed by atoms with Gasteiger partial charge >= 0.3 is 0 Å². The lowest BCUT2D eigenvalue weighted by Crippen LogP contribution is -2.28. The quantitative estimate of drug-likeness (QED) is 0.164. The van der Waals surface area contributed by atoms with Gasteiger partial charge in [-0.1, -0.05) is 71.4 Å². The molecule has 0 aliphatic heterocycles. The number of hydrogen-bond acceptors (Lipinski definition) is 6. The molecule has 0 aliphatic carbocycles. The number of nitrogens with one attached hydrogen (secondary N) is 1. The maximum atomic E-state index is 12.8. The molecular weight excluding hydrogens is 509 g/mol. The highest BCUT2D eigenvalue weighted by molar-refractivity contribution is 7.98. The molecular formula is C24H19Cl2N5O3S. The minimum absolute atomic E-state index is 0.166. The van der Waals surface area contributed by atoms with E-state index in [1.807, 2.05) is 30.3 Å². The molecule has 0 spiro atoms. The van der Waals surface area contributed by atoms with Crippen LogP contribution in [0.25, 0.3) is 5.69 Å². The monoisotopic (exact) mass is 527 g/mol. The molecule has 0 radical (unpaired) electrons. The highest BCUT2D eigenvalue weighted by atomic mass is 35.5. The number of halogens is 2. The number of thioether (sulfide) groups is 1. The SMILES string of the molecule is CC(NC(=O)c1cccc([N+](=O)[O-])c1)c1nnc(SCc2ccccc2)n1-c1ccc(Cl)cc1Cl. The predicted octanol–water partition coefficient (Wildman–Crippen LogP) is 6.27. The summed E-state index contributed by atoms with van der Waals surface area (Å²) in [5, 5.41) is 24.1. The maximum Gasteiger partial charge on any atom is 0.270 e. The zero-order chi connectivity index (χ0) is 24.9. The van der Waals surface area contributed by atoms with E-state index in [2.05, 4.69) is 15.5 Å². The number of carbonyl (C=O) groups excluding carboxylic acids is 1. The van der Waals surface area contributed by atoms with Crippen LogP contribution < -0.4 is 5.32 Å². The minimum atomic E-state index is -0.591. The van der Waals surface area contributed by atoms with Crippen LogP contribution in [0.2, 0.25) is 10.0 Å². The molecule has 1 heterocycles. The van der Waals surface area contributed by atoms with E-state index in [0.717, 1.165) is 5.56 Å². The highest BCUT2D eigenvalue weighted by Gasteiger charge is 2.23. The predicted molar refractivity (Wildman–Crippen MR) is 136 cm³/mol. The molecule has 1 unspecified atom stereocenters. The fraction of sp³-hybridized carbons (Fsp3) is 0.125. The van der Waals surface area contributed by atoms with Crippen molar-refractivity contribution < 1.29 is 9.72 Å². The normalized spacial score (nSPS) is 11.7. The third-order valence-corrected chi connectivity index (χ3v) is 6.61. The van der Waals surface area contributed by atoms with Crippen LogP contribution in [0.5, 0.6) is 0 Å². The standard InChI is InChI=1S/C24H19Cl2N5O3S/c1-15(27-23(32)17-8-5-9-19(12-17)31(33)34)22-28-29-24(35-14-16-6-3-2-4-7-16)30(22)21-11-10-18(25)13-20(21)26/h2-13,15H,14H2,1H3,(H,27,32). The van der Waals surface area contributed by atoms with Gasteiger partial charge in [0.05, 0.1) is 21.7 Å². The number of amides is 1. The molecule has 8 nitrogen and oxygen atoms in total. The van der Waals surface area contributed by atoms with Crippen molar-refractivity contribution in [2.75, 3.05) is 0 Å². The lowest BCUT2D eigenvalue weighted by molar-refractivity contribution is -0.384. The summed E-state index contributed by atoms with van der Waals surface area (Å²) >= 11 is 14.1. The minimum Gasteiger partial charge on any atom is -0.342 e. The Bertz CT molecular complexity index is 1380. The number of non-ortho nitro benzene ring substituents is 1. The van der Waals surface area contributed by atoms with E-state index in [-0.39, 0.29) is 11.3 Å². The molecule has 0 aliphatic rings. The van der Waals surface area contributed by atoms with Gasteiger partial charge in [-0.25, -0.2) is 0 Å². The van der Waals surface area contributed by atoms with Crippen molar-refractivity contribution in [3.63, 3.8) is 0 Å². The van der Waals surface area contributed by atoms with E-state index >= 15 is 0 Å². The summed E-state index contributed by atoms with van der Waals surface area (Å²) in [6, 6.07) is 20.0. The first-order chi connectivity index (χ1) is 16.8. The van der Waals surface area contributed by atoms with Crippen LogP contribution >= 0.6 is 35.0 Å². The first kappa shape index (κ1) is 24.7. The molecule has 0 fully saturated rings. The second kappa shape index (κ2) is 10.9. The van der Waals surface area contributed by atoms with Gasteiger partial charge in [-0.2, -0.15) is 0 Å². The van der Waals surface area contributed by atoms with Crippen molar-refractivity contribution in [1.29, 1.82) is 0 Å². The van der Waals surface area contributed by atoms with Gasteiger partial charge in [-0.3, -0.25) is 19.5 Å². The summed E-state index contributed by atoms with van der Waals surface area (Å²) in [4.78, 5) is 23.4. The number of nitrogens with zero attached hydrogens (tertiary/aromatic N) is 4. The molecule has 4 rings (SSSR count). The molecule has 1 atom stereocenters. The Morgan fingerprint density at radius 3 is 2.57 bits per heavy atom. The molecule has 178 valence electrons. The zero-order valence-corrected chi connectivity index (χ0v) is 20.7. The lowest BCUT2D eigenvalue weighted by atomic mass is 10.1. The van der Waals surface area contributed by atoms with Crippen LogP contribution in [0.4, 0.5) is 5.69 Å². The van der Waals surface area contributed by atoms with E-state index in [1.165, 1.54) is 36.0 Å². The number of aromatic nitrogens is 3. The van der Waals surface area contributed by atoms with Crippen LogP contribution in [-0.2, 0) is 5.75 Å². The summed E-state index contributed by atoms with van der Waals surface area (Å²) < 4.78 is 1.78. The van der Waals surface area contributed by atoms with Crippen molar-refractivity contribution in [3.05, 3.63) is 110 Å². The van der Waals surface area contributed by atoms with E-state index in [0.29, 0.717) is 32.5 Å². The van der Waals surface area contributed by atoms with Crippen molar-refractivity contribution in [1.82, 2.24) is 20.1 Å². The third-order valence-electron chi connectivity index (χ3n) is 5.07. The van der Waals surface area contributed by atoms with Gasteiger partial charge in [0, 0.05) is 28.5 Å². The zero-order valence-electron chi connectivity index (χ0n) is 18.4. The number of nitro benzene ring substituents is 1. The summed E-state index contributed by atoms with van der Waals surface area (Å²) in [5.74, 6) is 0.624. The van der Waals surface area contributed by atoms with Crippen molar-refractivity contribution in [2.24, 2.45) is 0 Å². The molecule has 4 aromatic rings. The van der Waals surface area contributed by atoms with Crippen LogP contribution in [-0.4, -0.2) is 25.6 Å². The fourth-order valence-electron chi connectivity index (χ4n) is 3.37. The van der Waals surface area contributed by atoms with Gasteiger partial charge in [0.15, 0.2) is 11.0 Å². The van der Waals surface area contributed by atoms with Crippen LogP contribution in [0.15, 0.2) is 78.0 Å². The van der Waals surface area contributed by atoms with E-state index in [1.54, 1.807) is 29.7 Å². The first-order valence-corrected chi connectivity index (χ1v) is 12.2. The molecule has 1 amide bonds. The maximum absolute atomic E-state index is 12.8. The van der Waals surface area contributed by atoms with Crippen molar-refractivity contribution in [3.8, 4) is 5.69 Å². The van der Waals surface area contributed by atoms with Gasteiger partial charge < -0.3 is 5.32 Å². The van der Waals surface area contributed by atoms with Crippen LogP contribution in [0.3, 0.4) is 0 Å². The number of benzene rings is 3. The fourth-order valence-corrected chi connectivity index (χ4v) is 4.77. The molecule has 1 N–H and O–H groups in total. The second-order valence-electron chi connectivity index (χ2n) is 7.55. The molecule has 3 aromatic carbocycles. The topological polar surface area (TPSA) is 103 Å². The van der Waals surface area contributed by atoms with Gasteiger partial charge in [0.2, 0.25) is 0 Å². The Labute approximate surface area is 215 Å². The van der Waals surface area contributed by atoms with Gasteiger partial charge in [-0.15, -0.1) is 10.2 Å². The Hall–Kier alpha value is -3.40. The Morgan fingerprint density at radius 2 is 1.86 bits per heavy atom. The molecule has 11 heteroatoms. The number of carbonyl (C=O) groups is 1. The smallest absolute Gasteiger partial charge is 0.270 e. The van der Waals surface area contributed by atoms with Crippen molar-refractivity contribution in [2.45, 2.75) is 23.9 Å². The van der Waals surface area contributed by atoms with Crippen LogP contribution in [0.1, 0.15) is 34.7 Å². The van der Waals surface area contributed by atoms with Gasteiger partial charge in [0.25, 0.3) is 11.6 Å². The number of hydrogen-bond donors (Lipinski definition) is 1. The van der Waals surface area contributed by atoms with Gasteiger partial charge in [-0.05, 0) is 36.8 Å². The average Bonchev–Trinajstić information content (AvgIpc) is 3.27. The third kappa shape index (κ3) is 5.82. The summed E-state index contributed by atoms with van der Waals surface area (Å²) in [6.45, 7) is 1.76. The Morgan fingerprint density at radius 1 is 1.09 bits per heavy atom.